The summed E-state index contributed by atoms with van der Waals surface area (Å²) in [6, 6.07) is 17.9. The van der Waals surface area contributed by atoms with Gasteiger partial charge < -0.3 is 5.32 Å². The summed E-state index contributed by atoms with van der Waals surface area (Å²) < 4.78 is 0. The number of nitrogens with one attached hydrogen (secondary N) is 1. The average Bonchev–Trinajstić information content (AvgIpc) is 3.04. The van der Waals surface area contributed by atoms with Crippen LogP contribution in [0.5, 0.6) is 0 Å². The van der Waals surface area contributed by atoms with Crippen LogP contribution in [0.2, 0.25) is 0 Å². The highest BCUT2D eigenvalue weighted by atomic mass is 32.1. The van der Waals surface area contributed by atoms with E-state index in [1.807, 2.05) is 47.8 Å². The van der Waals surface area contributed by atoms with Crippen molar-refractivity contribution in [2.24, 2.45) is 0 Å². The minimum absolute atomic E-state index is 0.787. The summed E-state index contributed by atoms with van der Waals surface area (Å²) in [5.74, 6) is 0.787. The number of aromatic nitrogens is 3. The molecule has 4 rings (SSSR count). The second kappa shape index (κ2) is 5.54. The standard InChI is InChI=1S/C17H12N4S/c1-2-6-13-12(5-1)8-9-14(19-13)15-11-22-17(20-15)21-16-7-3-4-10-18-16/h1-11H,(H,18,20,21). The van der Waals surface area contributed by atoms with Gasteiger partial charge in [-0.05, 0) is 24.3 Å². The number of thiazole rings is 1. The number of fused-ring (bicyclic) bond motifs is 1. The predicted octanol–water partition coefficient (Wildman–Crippen LogP) is 4.50. The van der Waals surface area contributed by atoms with Crippen LogP contribution in [0.1, 0.15) is 0 Å². The molecular weight excluding hydrogens is 292 g/mol. The van der Waals surface area contributed by atoms with Gasteiger partial charge in [0, 0.05) is 17.0 Å². The molecule has 0 radical (unpaired) electrons. The summed E-state index contributed by atoms with van der Waals surface area (Å²) in [5.41, 5.74) is 2.73. The molecule has 0 aliphatic rings. The number of benzene rings is 1. The summed E-state index contributed by atoms with van der Waals surface area (Å²) >= 11 is 1.54. The molecule has 0 fully saturated rings. The Kier molecular flexibility index (Phi) is 3.25. The monoisotopic (exact) mass is 304 g/mol. The number of hydrogen-bond donors (Lipinski definition) is 1. The molecule has 4 aromatic rings. The lowest BCUT2D eigenvalue weighted by Crippen LogP contribution is -1.92. The molecule has 0 spiro atoms. The molecular formula is C17H12N4S. The topological polar surface area (TPSA) is 50.7 Å². The van der Waals surface area contributed by atoms with E-state index >= 15 is 0 Å². The Morgan fingerprint density at radius 3 is 2.64 bits per heavy atom. The van der Waals surface area contributed by atoms with E-state index in [0.29, 0.717) is 0 Å². The van der Waals surface area contributed by atoms with E-state index in [4.69, 9.17) is 0 Å². The smallest absolute Gasteiger partial charge is 0.188 e. The molecule has 0 atom stereocenters. The Morgan fingerprint density at radius 1 is 0.818 bits per heavy atom. The molecule has 4 nitrogen and oxygen atoms in total. The zero-order valence-corrected chi connectivity index (χ0v) is 12.4. The van der Waals surface area contributed by atoms with Crippen LogP contribution in [0.4, 0.5) is 10.9 Å². The van der Waals surface area contributed by atoms with Crippen molar-refractivity contribution < 1.29 is 0 Å². The fraction of sp³-hybridized carbons (Fsp3) is 0. The van der Waals surface area contributed by atoms with E-state index in [9.17, 15) is 0 Å². The highest BCUT2D eigenvalue weighted by Crippen LogP contribution is 2.26. The van der Waals surface area contributed by atoms with Gasteiger partial charge in [-0.2, -0.15) is 0 Å². The number of hydrogen-bond acceptors (Lipinski definition) is 5. The molecule has 1 aromatic carbocycles. The Hall–Kier alpha value is -2.79. The predicted molar refractivity (Wildman–Crippen MR) is 90.4 cm³/mol. The van der Waals surface area contributed by atoms with Gasteiger partial charge >= 0.3 is 0 Å². The fourth-order valence-electron chi connectivity index (χ4n) is 2.20. The average molecular weight is 304 g/mol. The Labute approximate surface area is 131 Å². The van der Waals surface area contributed by atoms with Gasteiger partial charge in [0.25, 0.3) is 0 Å². The van der Waals surface area contributed by atoms with E-state index in [-0.39, 0.29) is 0 Å². The van der Waals surface area contributed by atoms with E-state index in [1.165, 1.54) is 0 Å². The van der Waals surface area contributed by atoms with Crippen LogP contribution >= 0.6 is 11.3 Å². The molecule has 106 valence electrons. The van der Waals surface area contributed by atoms with E-state index in [0.717, 1.165) is 33.2 Å². The summed E-state index contributed by atoms with van der Waals surface area (Å²) in [6.45, 7) is 0. The zero-order chi connectivity index (χ0) is 14.8. The molecule has 0 bridgehead atoms. The second-order valence-electron chi connectivity index (χ2n) is 4.77. The largest absolute Gasteiger partial charge is 0.316 e. The maximum absolute atomic E-state index is 4.67. The first-order valence-electron chi connectivity index (χ1n) is 6.88. The zero-order valence-electron chi connectivity index (χ0n) is 11.6. The van der Waals surface area contributed by atoms with Gasteiger partial charge in [0.2, 0.25) is 0 Å². The molecule has 0 saturated carbocycles. The third-order valence-electron chi connectivity index (χ3n) is 3.26. The van der Waals surface area contributed by atoms with Crippen molar-refractivity contribution in [1.82, 2.24) is 15.0 Å². The van der Waals surface area contributed by atoms with Crippen LogP contribution in [0.15, 0.2) is 66.2 Å². The van der Waals surface area contributed by atoms with Crippen LogP contribution < -0.4 is 5.32 Å². The fourth-order valence-corrected chi connectivity index (χ4v) is 2.92. The van der Waals surface area contributed by atoms with Crippen LogP contribution in [0.3, 0.4) is 0 Å². The molecule has 0 aliphatic carbocycles. The molecule has 3 aromatic heterocycles. The molecule has 22 heavy (non-hydrogen) atoms. The number of rotatable bonds is 3. The summed E-state index contributed by atoms with van der Waals surface area (Å²) in [4.78, 5) is 13.5. The Balaban J connectivity index is 1.65. The molecule has 3 heterocycles. The summed E-state index contributed by atoms with van der Waals surface area (Å²) in [5, 5.41) is 7.14. The number of para-hydroxylation sites is 1. The quantitative estimate of drug-likeness (QED) is 0.605. The number of pyridine rings is 2. The van der Waals surface area contributed by atoms with Crippen LogP contribution in [0.25, 0.3) is 22.3 Å². The number of anilines is 2. The first kappa shape index (κ1) is 12.9. The van der Waals surface area contributed by atoms with E-state index in [2.05, 4.69) is 32.4 Å². The maximum atomic E-state index is 4.67. The first-order chi connectivity index (χ1) is 10.9. The van der Waals surface area contributed by atoms with Crippen molar-refractivity contribution in [3.05, 3.63) is 66.2 Å². The molecule has 1 N–H and O–H groups in total. The van der Waals surface area contributed by atoms with Gasteiger partial charge in [-0.15, -0.1) is 11.3 Å². The molecule has 5 heteroatoms. The molecule has 0 amide bonds. The van der Waals surface area contributed by atoms with E-state index in [1.54, 1.807) is 17.5 Å². The third-order valence-corrected chi connectivity index (χ3v) is 4.02. The number of nitrogens with zero attached hydrogens (tertiary/aromatic N) is 3. The van der Waals surface area contributed by atoms with Gasteiger partial charge in [0.1, 0.15) is 11.5 Å². The van der Waals surface area contributed by atoms with E-state index < -0.39 is 0 Å². The molecule has 0 saturated heterocycles. The van der Waals surface area contributed by atoms with Gasteiger partial charge in [-0.3, -0.25) is 0 Å². The minimum Gasteiger partial charge on any atom is -0.316 e. The third kappa shape index (κ3) is 2.54. The molecule has 0 unspecified atom stereocenters. The SMILES string of the molecule is c1ccc(Nc2nc(-c3ccc4ccccc4n3)cs2)nc1. The van der Waals surface area contributed by atoms with Crippen molar-refractivity contribution in [1.29, 1.82) is 0 Å². The normalized spacial score (nSPS) is 10.7. The Morgan fingerprint density at radius 2 is 1.73 bits per heavy atom. The van der Waals surface area contributed by atoms with Crippen LogP contribution in [0, 0.1) is 0 Å². The van der Waals surface area contributed by atoms with Gasteiger partial charge in [0.15, 0.2) is 5.13 Å². The van der Waals surface area contributed by atoms with Crippen LogP contribution in [-0.2, 0) is 0 Å². The van der Waals surface area contributed by atoms with Crippen molar-refractivity contribution in [2.75, 3.05) is 5.32 Å². The minimum atomic E-state index is 0.787. The van der Waals surface area contributed by atoms with Crippen molar-refractivity contribution in [2.45, 2.75) is 0 Å². The van der Waals surface area contributed by atoms with Gasteiger partial charge in [-0.1, -0.05) is 30.3 Å². The lowest BCUT2D eigenvalue weighted by molar-refractivity contribution is 1.27. The summed E-state index contributed by atoms with van der Waals surface area (Å²) in [7, 11) is 0. The van der Waals surface area contributed by atoms with Gasteiger partial charge in [-0.25, -0.2) is 15.0 Å². The maximum Gasteiger partial charge on any atom is 0.188 e. The highest BCUT2D eigenvalue weighted by Gasteiger charge is 2.07. The lowest BCUT2D eigenvalue weighted by atomic mass is 10.2. The van der Waals surface area contributed by atoms with Crippen molar-refractivity contribution >= 4 is 33.2 Å². The first-order valence-corrected chi connectivity index (χ1v) is 7.76. The second-order valence-corrected chi connectivity index (χ2v) is 5.63. The van der Waals surface area contributed by atoms with Gasteiger partial charge in [0.05, 0.1) is 11.2 Å². The van der Waals surface area contributed by atoms with Crippen molar-refractivity contribution in [3.8, 4) is 11.4 Å². The Bertz CT molecular complexity index is 918. The van der Waals surface area contributed by atoms with Crippen LogP contribution in [-0.4, -0.2) is 15.0 Å². The lowest BCUT2D eigenvalue weighted by Gasteiger charge is -2.01. The van der Waals surface area contributed by atoms with Crippen molar-refractivity contribution in [3.63, 3.8) is 0 Å². The highest BCUT2D eigenvalue weighted by molar-refractivity contribution is 7.14. The molecule has 0 aliphatic heterocycles. The summed E-state index contributed by atoms with van der Waals surface area (Å²) in [6.07, 6.45) is 1.75.